The second kappa shape index (κ2) is 5.77. The van der Waals surface area contributed by atoms with Crippen LogP contribution in [0, 0.1) is 11.6 Å². The maximum absolute atomic E-state index is 14.0. The molecule has 0 aromatic heterocycles. The Morgan fingerprint density at radius 1 is 1.15 bits per heavy atom. The molecule has 2 aromatic carbocycles. The van der Waals surface area contributed by atoms with Gasteiger partial charge in [0.25, 0.3) is 0 Å². The average molecular weight is 298 g/mol. The van der Waals surface area contributed by atoms with Crippen LogP contribution in [0.1, 0.15) is 18.5 Å². The first kappa shape index (κ1) is 14.8. The highest BCUT2D eigenvalue weighted by molar-refractivity contribution is 6.31. The molecular formula is C15H14ClF2NO. The Balaban J connectivity index is 2.55. The molecule has 0 aliphatic carbocycles. The van der Waals surface area contributed by atoms with Gasteiger partial charge in [-0.25, -0.2) is 8.78 Å². The van der Waals surface area contributed by atoms with Crippen LogP contribution in [0.15, 0.2) is 30.3 Å². The Morgan fingerprint density at radius 3 is 2.20 bits per heavy atom. The van der Waals surface area contributed by atoms with Gasteiger partial charge in [-0.3, -0.25) is 0 Å². The van der Waals surface area contributed by atoms with Crippen molar-refractivity contribution >= 4 is 11.6 Å². The van der Waals surface area contributed by atoms with Gasteiger partial charge in [-0.1, -0.05) is 23.7 Å². The summed E-state index contributed by atoms with van der Waals surface area (Å²) in [7, 11) is 1.35. The van der Waals surface area contributed by atoms with E-state index in [1.165, 1.54) is 13.2 Å². The van der Waals surface area contributed by atoms with Gasteiger partial charge in [-0.05, 0) is 24.1 Å². The molecule has 1 atom stereocenters. The highest BCUT2D eigenvalue weighted by Crippen LogP contribution is 2.33. The number of methoxy groups -OCH3 is 1. The summed E-state index contributed by atoms with van der Waals surface area (Å²) in [5, 5.41) is 0.382. The SMILES string of the molecule is COc1cc(F)c(-c2ccc(C(C)N)c(Cl)c2)c(F)c1. The average Bonchev–Trinajstić information content (AvgIpc) is 2.37. The van der Waals surface area contributed by atoms with Gasteiger partial charge in [0.05, 0.1) is 12.7 Å². The number of benzene rings is 2. The van der Waals surface area contributed by atoms with Crippen molar-refractivity contribution in [3.8, 4) is 16.9 Å². The van der Waals surface area contributed by atoms with Crippen molar-refractivity contribution in [2.24, 2.45) is 5.73 Å². The first-order chi connectivity index (χ1) is 9.43. The molecule has 5 heteroatoms. The molecule has 106 valence electrons. The molecule has 0 aliphatic rings. The van der Waals surface area contributed by atoms with Crippen LogP contribution in [-0.4, -0.2) is 7.11 Å². The third kappa shape index (κ3) is 2.76. The highest BCUT2D eigenvalue weighted by Gasteiger charge is 2.15. The first-order valence-corrected chi connectivity index (χ1v) is 6.40. The minimum Gasteiger partial charge on any atom is -0.497 e. The molecular weight excluding hydrogens is 284 g/mol. The lowest BCUT2D eigenvalue weighted by molar-refractivity contribution is 0.407. The van der Waals surface area contributed by atoms with E-state index < -0.39 is 11.6 Å². The third-order valence-corrected chi connectivity index (χ3v) is 3.36. The molecule has 2 nitrogen and oxygen atoms in total. The van der Waals surface area contributed by atoms with E-state index in [-0.39, 0.29) is 17.4 Å². The third-order valence-electron chi connectivity index (χ3n) is 3.03. The molecule has 2 rings (SSSR count). The number of hydrogen-bond acceptors (Lipinski definition) is 2. The van der Waals surface area contributed by atoms with Crippen molar-refractivity contribution in [2.45, 2.75) is 13.0 Å². The van der Waals surface area contributed by atoms with Crippen LogP contribution >= 0.6 is 11.6 Å². The number of ether oxygens (including phenoxy) is 1. The van der Waals surface area contributed by atoms with E-state index in [9.17, 15) is 8.78 Å². The molecule has 0 radical (unpaired) electrons. The summed E-state index contributed by atoms with van der Waals surface area (Å²) in [5.74, 6) is -1.28. The molecule has 0 bridgehead atoms. The zero-order valence-electron chi connectivity index (χ0n) is 11.1. The fourth-order valence-corrected chi connectivity index (χ4v) is 2.35. The topological polar surface area (TPSA) is 35.2 Å². The van der Waals surface area contributed by atoms with E-state index in [1.807, 2.05) is 0 Å². The van der Waals surface area contributed by atoms with Gasteiger partial charge in [0.1, 0.15) is 17.4 Å². The summed E-state index contributed by atoms with van der Waals surface area (Å²) in [5.41, 5.74) is 6.70. The number of halogens is 3. The summed E-state index contributed by atoms with van der Waals surface area (Å²) in [6.45, 7) is 1.79. The fraction of sp³-hybridized carbons (Fsp3) is 0.200. The zero-order chi connectivity index (χ0) is 14.9. The minimum atomic E-state index is -0.702. The number of hydrogen-bond donors (Lipinski definition) is 1. The normalized spacial score (nSPS) is 12.3. The standard InChI is InChI=1S/C15H14ClF2NO/c1-8(19)11-4-3-9(5-12(11)16)15-13(17)6-10(20-2)7-14(15)18/h3-8H,19H2,1-2H3. The van der Waals surface area contributed by atoms with Gasteiger partial charge < -0.3 is 10.5 Å². The van der Waals surface area contributed by atoms with Crippen LogP contribution in [0.3, 0.4) is 0 Å². The Kier molecular flexibility index (Phi) is 4.26. The second-order valence-corrected chi connectivity index (χ2v) is 4.90. The van der Waals surface area contributed by atoms with Crippen LogP contribution in [-0.2, 0) is 0 Å². The van der Waals surface area contributed by atoms with Crippen molar-refractivity contribution in [1.29, 1.82) is 0 Å². The molecule has 0 aliphatic heterocycles. The van der Waals surface area contributed by atoms with E-state index in [4.69, 9.17) is 22.1 Å². The van der Waals surface area contributed by atoms with E-state index in [1.54, 1.807) is 19.1 Å². The quantitative estimate of drug-likeness (QED) is 0.916. The van der Waals surface area contributed by atoms with Gasteiger partial charge >= 0.3 is 0 Å². The van der Waals surface area contributed by atoms with Crippen LogP contribution < -0.4 is 10.5 Å². The Bertz CT molecular complexity index is 621. The molecule has 0 saturated carbocycles. The molecule has 1 unspecified atom stereocenters. The van der Waals surface area contributed by atoms with Crippen molar-refractivity contribution in [2.75, 3.05) is 7.11 Å². The van der Waals surface area contributed by atoms with E-state index in [2.05, 4.69) is 0 Å². The summed E-state index contributed by atoms with van der Waals surface area (Å²) in [4.78, 5) is 0. The Hall–Kier alpha value is -1.65. The summed E-state index contributed by atoms with van der Waals surface area (Å²) in [6, 6.07) is 6.79. The van der Waals surface area contributed by atoms with E-state index in [0.717, 1.165) is 17.7 Å². The van der Waals surface area contributed by atoms with Gasteiger partial charge in [0, 0.05) is 23.2 Å². The monoisotopic (exact) mass is 297 g/mol. The van der Waals surface area contributed by atoms with Crippen LogP contribution in [0.4, 0.5) is 8.78 Å². The largest absolute Gasteiger partial charge is 0.497 e. The molecule has 0 heterocycles. The van der Waals surface area contributed by atoms with Crippen molar-refractivity contribution in [3.63, 3.8) is 0 Å². The lowest BCUT2D eigenvalue weighted by Crippen LogP contribution is -2.05. The lowest BCUT2D eigenvalue weighted by Gasteiger charge is -2.12. The van der Waals surface area contributed by atoms with Crippen molar-refractivity contribution < 1.29 is 13.5 Å². The van der Waals surface area contributed by atoms with Crippen molar-refractivity contribution in [1.82, 2.24) is 0 Å². The Labute approximate surface area is 121 Å². The molecule has 0 fully saturated rings. The highest BCUT2D eigenvalue weighted by atomic mass is 35.5. The van der Waals surface area contributed by atoms with Crippen molar-refractivity contribution in [3.05, 3.63) is 52.6 Å². The van der Waals surface area contributed by atoms with Gasteiger partial charge in [-0.15, -0.1) is 0 Å². The fourth-order valence-electron chi connectivity index (χ4n) is 2.00. The smallest absolute Gasteiger partial charge is 0.137 e. The van der Waals surface area contributed by atoms with E-state index in [0.29, 0.717) is 10.6 Å². The number of nitrogens with two attached hydrogens (primary N) is 1. The lowest BCUT2D eigenvalue weighted by atomic mass is 10.0. The maximum atomic E-state index is 14.0. The van der Waals surface area contributed by atoms with Crippen LogP contribution in [0.5, 0.6) is 5.75 Å². The Morgan fingerprint density at radius 2 is 1.75 bits per heavy atom. The zero-order valence-corrected chi connectivity index (χ0v) is 11.8. The second-order valence-electron chi connectivity index (χ2n) is 4.49. The molecule has 20 heavy (non-hydrogen) atoms. The molecule has 2 N–H and O–H groups in total. The predicted octanol–water partition coefficient (Wildman–Crippen LogP) is 4.31. The van der Waals surface area contributed by atoms with Crippen LogP contribution in [0.25, 0.3) is 11.1 Å². The van der Waals surface area contributed by atoms with Gasteiger partial charge in [0.15, 0.2) is 0 Å². The molecule has 0 saturated heterocycles. The summed E-state index contributed by atoms with van der Waals surface area (Å²) >= 11 is 6.09. The summed E-state index contributed by atoms with van der Waals surface area (Å²) in [6.07, 6.45) is 0. The van der Waals surface area contributed by atoms with Gasteiger partial charge in [0.2, 0.25) is 0 Å². The van der Waals surface area contributed by atoms with E-state index >= 15 is 0 Å². The first-order valence-electron chi connectivity index (χ1n) is 6.02. The molecule has 0 spiro atoms. The number of rotatable bonds is 3. The predicted molar refractivity (Wildman–Crippen MR) is 76.0 cm³/mol. The molecule has 0 amide bonds. The minimum absolute atomic E-state index is 0.127. The maximum Gasteiger partial charge on any atom is 0.137 e. The van der Waals surface area contributed by atoms with Crippen LogP contribution in [0.2, 0.25) is 5.02 Å². The summed E-state index contributed by atoms with van der Waals surface area (Å²) < 4.78 is 32.8. The molecule has 2 aromatic rings. The van der Waals surface area contributed by atoms with Gasteiger partial charge in [-0.2, -0.15) is 0 Å².